The van der Waals surface area contributed by atoms with Crippen molar-refractivity contribution >= 4 is 22.9 Å². The highest BCUT2D eigenvalue weighted by molar-refractivity contribution is 7.13. The molecule has 3 heterocycles. The summed E-state index contributed by atoms with van der Waals surface area (Å²) in [5.74, 6) is 0.657. The summed E-state index contributed by atoms with van der Waals surface area (Å²) in [6.07, 6.45) is 1.82. The van der Waals surface area contributed by atoms with Gasteiger partial charge in [-0.2, -0.15) is 0 Å². The SMILES string of the molecule is CCC1Oc2ccc(-c3csc(-c4ccccn4)n3)cc2N(C(c2ccccc2)c2ccccc2)C1=O. The molecule has 1 amide bonds. The molecule has 0 aliphatic carbocycles. The second kappa shape index (κ2) is 9.99. The third kappa shape index (κ3) is 4.41. The van der Waals surface area contributed by atoms with E-state index >= 15 is 0 Å². The van der Waals surface area contributed by atoms with Crippen LogP contribution in [0.3, 0.4) is 0 Å². The molecule has 6 rings (SSSR count). The quantitative estimate of drug-likeness (QED) is 0.247. The normalized spacial score (nSPS) is 14.9. The number of hydrogen-bond donors (Lipinski definition) is 0. The number of aromatic nitrogens is 2. The minimum Gasteiger partial charge on any atom is -0.478 e. The highest BCUT2D eigenvalue weighted by Gasteiger charge is 2.39. The van der Waals surface area contributed by atoms with Crippen LogP contribution in [0.5, 0.6) is 5.75 Å². The van der Waals surface area contributed by atoms with Crippen molar-refractivity contribution in [3.8, 4) is 27.7 Å². The Morgan fingerprint density at radius 1 is 0.892 bits per heavy atom. The molecule has 0 radical (unpaired) electrons. The lowest BCUT2D eigenvalue weighted by Gasteiger charge is -2.39. The Labute approximate surface area is 220 Å². The average Bonchev–Trinajstić information content (AvgIpc) is 3.46. The second-order valence-corrected chi connectivity index (χ2v) is 9.74. The number of fused-ring (bicyclic) bond motifs is 1. The van der Waals surface area contributed by atoms with Gasteiger partial charge in [0.05, 0.1) is 23.1 Å². The zero-order chi connectivity index (χ0) is 25.2. The van der Waals surface area contributed by atoms with Crippen LogP contribution in [0.4, 0.5) is 5.69 Å². The molecule has 37 heavy (non-hydrogen) atoms. The number of hydrogen-bond acceptors (Lipinski definition) is 5. The number of carbonyl (C=O) groups excluding carboxylic acids is 1. The summed E-state index contributed by atoms with van der Waals surface area (Å²) in [4.78, 5) is 25.1. The molecule has 182 valence electrons. The Hall–Kier alpha value is -4.29. The van der Waals surface area contributed by atoms with Gasteiger partial charge in [-0.1, -0.05) is 73.7 Å². The second-order valence-electron chi connectivity index (χ2n) is 8.88. The molecule has 5 nitrogen and oxygen atoms in total. The van der Waals surface area contributed by atoms with Crippen LogP contribution in [0.2, 0.25) is 0 Å². The zero-order valence-electron chi connectivity index (χ0n) is 20.3. The number of thiazole rings is 1. The molecule has 0 spiro atoms. The van der Waals surface area contributed by atoms with Crippen LogP contribution in [0.1, 0.15) is 30.5 Å². The third-order valence-corrected chi connectivity index (χ3v) is 7.41. The Morgan fingerprint density at radius 2 is 1.59 bits per heavy atom. The van der Waals surface area contributed by atoms with Gasteiger partial charge in [-0.3, -0.25) is 14.7 Å². The van der Waals surface area contributed by atoms with E-state index in [9.17, 15) is 4.79 Å². The number of ether oxygens (including phenoxy) is 1. The molecule has 0 N–H and O–H groups in total. The average molecular weight is 504 g/mol. The molecule has 1 unspecified atom stereocenters. The molecule has 5 aromatic rings. The number of carbonyl (C=O) groups is 1. The van der Waals surface area contributed by atoms with Gasteiger partial charge in [0, 0.05) is 17.1 Å². The van der Waals surface area contributed by atoms with Gasteiger partial charge < -0.3 is 4.74 Å². The first kappa shape index (κ1) is 23.1. The van der Waals surface area contributed by atoms with E-state index in [1.54, 1.807) is 17.5 Å². The van der Waals surface area contributed by atoms with Gasteiger partial charge in [0.1, 0.15) is 10.8 Å². The number of amides is 1. The summed E-state index contributed by atoms with van der Waals surface area (Å²) >= 11 is 1.55. The van der Waals surface area contributed by atoms with Crippen LogP contribution in [0, 0.1) is 0 Å². The molecule has 3 aromatic carbocycles. The van der Waals surface area contributed by atoms with Crippen molar-refractivity contribution in [1.29, 1.82) is 0 Å². The Morgan fingerprint density at radius 3 is 2.24 bits per heavy atom. The highest BCUT2D eigenvalue weighted by atomic mass is 32.1. The molecule has 1 atom stereocenters. The standard InChI is InChI=1S/C31H25N3O2S/c1-2-27-31(35)34(29(21-11-5-3-6-12-21)22-13-7-4-8-14-22)26-19-23(16-17-28(26)36-27)25-20-37-30(33-25)24-15-9-10-18-32-24/h3-20,27,29H,2H2,1H3. The van der Waals surface area contributed by atoms with Crippen molar-refractivity contribution in [2.45, 2.75) is 25.5 Å². The number of pyridine rings is 1. The minimum absolute atomic E-state index is 0.0442. The highest BCUT2D eigenvalue weighted by Crippen LogP contribution is 2.44. The summed E-state index contributed by atoms with van der Waals surface area (Å²) in [5, 5.41) is 2.89. The summed E-state index contributed by atoms with van der Waals surface area (Å²) < 4.78 is 6.19. The van der Waals surface area contributed by atoms with Gasteiger partial charge in [-0.25, -0.2) is 4.98 Å². The van der Waals surface area contributed by atoms with E-state index in [1.807, 2.05) is 90.0 Å². The fourth-order valence-electron chi connectivity index (χ4n) is 4.74. The van der Waals surface area contributed by atoms with Gasteiger partial charge in [0.15, 0.2) is 6.10 Å². The molecular weight excluding hydrogens is 478 g/mol. The Bertz CT molecular complexity index is 1480. The minimum atomic E-state index is -0.539. The van der Waals surface area contributed by atoms with Crippen molar-refractivity contribution in [2.75, 3.05) is 4.90 Å². The van der Waals surface area contributed by atoms with Crippen LogP contribution in [-0.4, -0.2) is 22.0 Å². The molecule has 0 saturated carbocycles. The van der Waals surface area contributed by atoms with E-state index < -0.39 is 6.10 Å². The molecule has 0 fully saturated rings. The molecular formula is C31H25N3O2S. The van der Waals surface area contributed by atoms with Crippen LogP contribution < -0.4 is 9.64 Å². The molecule has 0 bridgehead atoms. The van der Waals surface area contributed by atoms with Gasteiger partial charge >= 0.3 is 0 Å². The number of rotatable bonds is 6. The number of anilines is 1. The van der Waals surface area contributed by atoms with Crippen molar-refractivity contribution < 1.29 is 9.53 Å². The fourth-order valence-corrected chi connectivity index (χ4v) is 5.55. The Kier molecular flexibility index (Phi) is 6.25. The first-order valence-corrected chi connectivity index (χ1v) is 13.2. The predicted molar refractivity (Wildman–Crippen MR) is 148 cm³/mol. The van der Waals surface area contributed by atoms with E-state index in [0.717, 1.165) is 38.8 Å². The number of nitrogens with zero attached hydrogens (tertiary/aromatic N) is 3. The van der Waals surface area contributed by atoms with E-state index in [0.29, 0.717) is 12.2 Å². The molecule has 2 aromatic heterocycles. The van der Waals surface area contributed by atoms with Crippen molar-refractivity contribution in [3.63, 3.8) is 0 Å². The maximum Gasteiger partial charge on any atom is 0.269 e. The topological polar surface area (TPSA) is 55.3 Å². The third-order valence-electron chi connectivity index (χ3n) is 6.54. The molecule has 1 aliphatic rings. The first-order valence-electron chi connectivity index (χ1n) is 12.3. The molecule has 1 aliphatic heterocycles. The summed E-state index contributed by atoms with van der Waals surface area (Å²) in [7, 11) is 0. The predicted octanol–water partition coefficient (Wildman–Crippen LogP) is 7.17. The Balaban J connectivity index is 1.48. The van der Waals surface area contributed by atoms with E-state index in [1.165, 1.54) is 0 Å². The van der Waals surface area contributed by atoms with Crippen LogP contribution in [0.15, 0.2) is 109 Å². The maximum atomic E-state index is 13.9. The van der Waals surface area contributed by atoms with Gasteiger partial charge in [0.2, 0.25) is 0 Å². The van der Waals surface area contributed by atoms with Crippen molar-refractivity contribution in [1.82, 2.24) is 9.97 Å². The maximum absolute atomic E-state index is 13.9. The summed E-state index contributed by atoms with van der Waals surface area (Å²) in [6, 6.07) is 31.9. The van der Waals surface area contributed by atoms with Gasteiger partial charge in [-0.05, 0) is 47.9 Å². The van der Waals surface area contributed by atoms with Crippen LogP contribution >= 0.6 is 11.3 Å². The lowest BCUT2D eigenvalue weighted by atomic mass is 9.94. The van der Waals surface area contributed by atoms with E-state index in [4.69, 9.17) is 9.72 Å². The van der Waals surface area contributed by atoms with Crippen molar-refractivity contribution in [2.24, 2.45) is 0 Å². The van der Waals surface area contributed by atoms with E-state index in [2.05, 4.69) is 29.2 Å². The fraction of sp³-hybridized carbons (Fsp3) is 0.129. The largest absolute Gasteiger partial charge is 0.478 e. The molecule has 0 saturated heterocycles. The van der Waals surface area contributed by atoms with Gasteiger partial charge in [0.25, 0.3) is 5.91 Å². The lowest BCUT2D eigenvalue weighted by molar-refractivity contribution is -0.126. The molecule has 6 heteroatoms. The van der Waals surface area contributed by atoms with Crippen LogP contribution in [0.25, 0.3) is 22.0 Å². The van der Waals surface area contributed by atoms with Crippen LogP contribution in [-0.2, 0) is 4.79 Å². The van der Waals surface area contributed by atoms with Gasteiger partial charge in [-0.15, -0.1) is 11.3 Å². The van der Waals surface area contributed by atoms with E-state index in [-0.39, 0.29) is 11.9 Å². The number of benzene rings is 3. The first-order chi connectivity index (χ1) is 18.2. The monoisotopic (exact) mass is 503 g/mol. The zero-order valence-corrected chi connectivity index (χ0v) is 21.1. The summed E-state index contributed by atoms with van der Waals surface area (Å²) in [5.41, 5.74) is 5.44. The van der Waals surface area contributed by atoms with Crippen molar-refractivity contribution in [3.05, 3.63) is 120 Å². The smallest absolute Gasteiger partial charge is 0.269 e. The lowest BCUT2D eigenvalue weighted by Crippen LogP contribution is -2.47. The summed E-state index contributed by atoms with van der Waals surface area (Å²) in [6.45, 7) is 1.98.